The van der Waals surface area contributed by atoms with E-state index in [0.29, 0.717) is 0 Å². The number of likely N-dealkylation sites (N-methyl/N-ethyl adjacent to an activating group) is 1. The lowest BCUT2D eigenvalue weighted by atomic mass is 10.1. The van der Waals surface area contributed by atoms with Gasteiger partial charge in [0.25, 0.3) is 0 Å². The number of hydrogen-bond acceptors (Lipinski definition) is 3. The molecule has 2 rings (SSSR count). The lowest BCUT2D eigenvalue weighted by Crippen LogP contribution is -2.36. The SMILES string of the molecule is CCN(CCn1cncc1CNC(C)(C)C)C1CC1. The van der Waals surface area contributed by atoms with Gasteiger partial charge in [-0.05, 0) is 40.2 Å². The third-order valence-electron chi connectivity index (χ3n) is 3.70. The van der Waals surface area contributed by atoms with Crippen LogP contribution in [0.4, 0.5) is 0 Å². The largest absolute Gasteiger partial charge is 0.332 e. The summed E-state index contributed by atoms with van der Waals surface area (Å²) in [5, 5.41) is 3.53. The van der Waals surface area contributed by atoms with E-state index >= 15 is 0 Å². The third-order valence-corrected chi connectivity index (χ3v) is 3.70. The Bertz CT molecular complexity index is 387. The molecule has 0 unspecified atom stereocenters. The maximum absolute atomic E-state index is 4.29. The maximum Gasteiger partial charge on any atom is 0.0949 e. The van der Waals surface area contributed by atoms with Gasteiger partial charge < -0.3 is 9.88 Å². The van der Waals surface area contributed by atoms with Gasteiger partial charge in [0.1, 0.15) is 0 Å². The summed E-state index contributed by atoms with van der Waals surface area (Å²) in [6, 6.07) is 0.852. The third kappa shape index (κ3) is 4.62. The van der Waals surface area contributed by atoms with Gasteiger partial charge in [-0.3, -0.25) is 4.90 Å². The van der Waals surface area contributed by atoms with E-state index in [1.165, 1.54) is 18.5 Å². The molecule has 4 nitrogen and oxygen atoms in total. The number of rotatable bonds is 7. The molecule has 1 aliphatic rings. The molecule has 0 saturated heterocycles. The van der Waals surface area contributed by atoms with Crippen LogP contribution in [0.5, 0.6) is 0 Å². The Morgan fingerprint density at radius 2 is 2.16 bits per heavy atom. The van der Waals surface area contributed by atoms with Crippen molar-refractivity contribution in [3.63, 3.8) is 0 Å². The van der Waals surface area contributed by atoms with Crippen molar-refractivity contribution in [2.45, 2.75) is 65.2 Å². The van der Waals surface area contributed by atoms with Gasteiger partial charge >= 0.3 is 0 Å². The molecule has 0 bridgehead atoms. The highest BCUT2D eigenvalue weighted by Crippen LogP contribution is 2.26. The molecule has 1 fully saturated rings. The normalized spacial score (nSPS) is 16.3. The van der Waals surface area contributed by atoms with E-state index < -0.39 is 0 Å². The molecule has 1 heterocycles. The molecule has 108 valence electrons. The summed E-state index contributed by atoms with van der Waals surface area (Å²) >= 11 is 0. The van der Waals surface area contributed by atoms with Crippen molar-refractivity contribution in [3.8, 4) is 0 Å². The first-order valence-electron chi connectivity index (χ1n) is 7.47. The summed E-state index contributed by atoms with van der Waals surface area (Å²) in [5.74, 6) is 0. The molecule has 0 atom stereocenters. The minimum Gasteiger partial charge on any atom is -0.332 e. The van der Waals surface area contributed by atoms with E-state index in [2.05, 4.69) is 47.5 Å². The van der Waals surface area contributed by atoms with Crippen molar-refractivity contribution in [3.05, 3.63) is 18.2 Å². The van der Waals surface area contributed by atoms with Crippen molar-refractivity contribution in [1.82, 2.24) is 19.8 Å². The van der Waals surface area contributed by atoms with Gasteiger partial charge in [-0.2, -0.15) is 0 Å². The smallest absolute Gasteiger partial charge is 0.0949 e. The molecule has 1 aromatic heterocycles. The second-order valence-corrected chi connectivity index (χ2v) is 6.54. The van der Waals surface area contributed by atoms with Crippen LogP contribution in [0.1, 0.15) is 46.2 Å². The molecule has 0 spiro atoms. The minimum absolute atomic E-state index is 0.151. The molecule has 1 saturated carbocycles. The van der Waals surface area contributed by atoms with Crippen molar-refractivity contribution >= 4 is 0 Å². The molecule has 1 N–H and O–H groups in total. The second-order valence-electron chi connectivity index (χ2n) is 6.54. The van der Waals surface area contributed by atoms with E-state index in [0.717, 1.165) is 32.2 Å². The predicted molar refractivity (Wildman–Crippen MR) is 79.1 cm³/mol. The van der Waals surface area contributed by atoms with Crippen molar-refractivity contribution in [1.29, 1.82) is 0 Å². The fourth-order valence-electron chi connectivity index (χ4n) is 2.33. The Morgan fingerprint density at radius 3 is 2.74 bits per heavy atom. The van der Waals surface area contributed by atoms with Gasteiger partial charge in [0.2, 0.25) is 0 Å². The molecule has 1 aliphatic carbocycles. The summed E-state index contributed by atoms with van der Waals surface area (Å²) in [6.07, 6.45) is 6.71. The van der Waals surface area contributed by atoms with E-state index in [1.807, 2.05) is 12.5 Å². The zero-order valence-electron chi connectivity index (χ0n) is 12.8. The highest BCUT2D eigenvalue weighted by molar-refractivity contribution is 4.99. The molecule has 4 heteroatoms. The maximum atomic E-state index is 4.29. The van der Waals surface area contributed by atoms with Crippen LogP contribution >= 0.6 is 0 Å². The van der Waals surface area contributed by atoms with Gasteiger partial charge in [0.05, 0.1) is 12.0 Å². The number of nitrogens with one attached hydrogen (secondary N) is 1. The number of imidazole rings is 1. The first kappa shape index (κ1) is 14.5. The Morgan fingerprint density at radius 1 is 1.42 bits per heavy atom. The fourth-order valence-corrected chi connectivity index (χ4v) is 2.33. The van der Waals surface area contributed by atoms with Gasteiger partial charge in [-0.25, -0.2) is 4.98 Å². The fraction of sp³-hybridized carbons (Fsp3) is 0.800. The zero-order chi connectivity index (χ0) is 13.9. The van der Waals surface area contributed by atoms with Crippen molar-refractivity contribution in [2.75, 3.05) is 13.1 Å². The lowest BCUT2D eigenvalue weighted by molar-refractivity contribution is 0.264. The van der Waals surface area contributed by atoms with Crippen LogP contribution in [0.25, 0.3) is 0 Å². The monoisotopic (exact) mass is 264 g/mol. The Labute approximate surface area is 117 Å². The molecule has 0 aromatic carbocycles. The van der Waals surface area contributed by atoms with Crippen LogP contribution in [-0.4, -0.2) is 39.1 Å². The average Bonchev–Trinajstić information content (AvgIpc) is 3.06. The van der Waals surface area contributed by atoms with Crippen LogP contribution in [0, 0.1) is 0 Å². The molecule has 0 radical (unpaired) electrons. The van der Waals surface area contributed by atoms with Gasteiger partial charge in [-0.15, -0.1) is 0 Å². The van der Waals surface area contributed by atoms with Crippen molar-refractivity contribution < 1.29 is 0 Å². The number of hydrogen-bond donors (Lipinski definition) is 1. The van der Waals surface area contributed by atoms with E-state index in [1.54, 1.807) is 0 Å². The lowest BCUT2D eigenvalue weighted by Gasteiger charge is -2.22. The quantitative estimate of drug-likeness (QED) is 0.820. The van der Waals surface area contributed by atoms with E-state index in [-0.39, 0.29) is 5.54 Å². The number of nitrogens with zero attached hydrogens (tertiary/aromatic N) is 3. The van der Waals surface area contributed by atoms with E-state index in [4.69, 9.17) is 0 Å². The zero-order valence-corrected chi connectivity index (χ0v) is 12.8. The van der Waals surface area contributed by atoms with Crippen LogP contribution < -0.4 is 5.32 Å². The van der Waals surface area contributed by atoms with Crippen molar-refractivity contribution in [2.24, 2.45) is 0 Å². The Kier molecular flexibility index (Phi) is 4.63. The topological polar surface area (TPSA) is 33.1 Å². The summed E-state index contributed by atoms with van der Waals surface area (Å²) in [5.41, 5.74) is 1.43. The summed E-state index contributed by atoms with van der Waals surface area (Å²) in [6.45, 7) is 13.1. The second kappa shape index (κ2) is 6.06. The van der Waals surface area contributed by atoms with Crippen LogP contribution in [-0.2, 0) is 13.1 Å². The highest BCUT2D eigenvalue weighted by atomic mass is 15.2. The molecule has 0 amide bonds. The predicted octanol–water partition coefficient (Wildman–Crippen LogP) is 2.26. The summed E-state index contributed by atoms with van der Waals surface area (Å²) < 4.78 is 2.28. The summed E-state index contributed by atoms with van der Waals surface area (Å²) in [7, 11) is 0. The standard InChI is InChI=1S/C15H28N4/c1-5-18(13-6-7-13)8-9-19-12-16-10-14(19)11-17-15(2,3)4/h10,12-13,17H,5-9,11H2,1-4H3. The molecule has 19 heavy (non-hydrogen) atoms. The van der Waals surface area contributed by atoms with Gasteiger partial charge in [0, 0.05) is 37.4 Å². The molecule has 0 aliphatic heterocycles. The average molecular weight is 264 g/mol. The summed E-state index contributed by atoms with van der Waals surface area (Å²) in [4.78, 5) is 6.88. The molecule has 1 aromatic rings. The molecular weight excluding hydrogens is 236 g/mol. The van der Waals surface area contributed by atoms with Crippen LogP contribution in [0.15, 0.2) is 12.5 Å². The Balaban J connectivity index is 1.84. The van der Waals surface area contributed by atoms with Gasteiger partial charge in [0.15, 0.2) is 0 Å². The highest BCUT2D eigenvalue weighted by Gasteiger charge is 2.27. The first-order chi connectivity index (χ1) is 8.99. The van der Waals surface area contributed by atoms with Crippen LogP contribution in [0.2, 0.25) is 0 Å². The van der Waals surface area contributed by atoms with E-state index in [9.17, 15) is 0 Å². The Hall–Kier alpha value is -0.870. The first-order valence-corrected chi connectivity index (χ1v) is 7.47. The molecular formula is C15H28N4. The minimum atomic E-state index is 0.151. The van der Waals surface area contributed by atoms with Gasteiger partial charge in [-0.1, -0.05) is 6.92 Å². The van der Waals surface area contributed by atoms with Crippen LogP contribution in [0.3, 0.4) is 0 Å². The number of aromatic nitrogens is 2.